The molecular weight excluding hydrogens is 663 g/mol. The molecule has 2 saturated heterocycles. The van der Waals surface area contributed by atoms with Crippen LogP contribution in [0, 0.1) is 5.92 Å². The first-order chi connectivity index (χ1) is 24.4. The van der Waals surface area contributed by atoms with E-state index in [2.05, 4.69) is 62.7 Å². The van der Waals surface area contributed by atoms with Gasteiger partial charge in [-0.25, -0.2) is 4.79 Å². The molecule has 1 aliphatic carbocycles. The number of rotatable bonds is 19. The molecule has 1 aromatic carbocycles. The number of amides is 3. The van der Waals surface area contributed by atoms with Crippen molar-refractivity contribution in [3.05, 3.63) is 34.9 Å². The topological polar surface area (TPSA) is 126 Å². The lowest BCUT2D eigenvalue weighted by Gasteiger charge is -2.47. The summed E-state index contributed by atoms with van der Waals surface area (Å²) in [5.41, 5.74) is 2.69. The van der Waals surface area contributed by atoms with Crippen molar-refractivity contribution in [1.29, 1.82) is 0 Å². The molecule has 0 bridgehead atoms. The molecule has 0 radical (unpaired) electrons. The van der Waals surface area contributed by atoms with E-state index in [-0.39, 0.29) is 59.5 Å². The van der Waals surface area contributed by atoms with Crippen LogP contribution < -0.4 is 20.7 Å². The number of phenols is 1. The van der Waals surface area contributed by atoms with Crippen LogP contribution in [0.25, 0.3) is 0 Å². The Morgan fingerprint density at radius 3 is 2.65 bits per heavy atom. The molecular formula is C41H63N3O6S. The van der Waals surface area contributed by atoms with E-state index in [4.69, 9.17) is 9.47 Å². The third-order valence-corrected chi connectivity index (χ3v) is 13.2. The number of ether oxygens (including phenoxy) is 2. The van der Waals surface area contributed by atoms with Gasteiger partial charge in [-0.3, -0.25) is 9.59 Å². The molecule has 3 heterocycles. The number of esters is 1. The lowest BCUT2D eigenvalue weighted by Crippen LogP contribution is -2.45. The fourth-order valence-corrected chi connectivity index (χ4v) is 10.1. The molecule has 2 unspecified atom stereocenters. The van der Waals surface area contributed by atoms with Crippen LogP contribution in [0.3, 0.4) is 0 Å². The first kappa shape index (κ1) is 39.3. The van der Waals surface area contributed by atoms with Gasteiger partial charge in [-0.2, -0.15) is 11.8 Å². The van der Waals surface area contributed by atoms with Crippen molar-refractivity contribution in [1.82, 2.24) is 16.0 Å². The smallest absolute Gasteiger partial charge is 0.315 e. The zero-order chi connectivity index (χ0) is 36.6. The van der Waals surface area contributed by atoms with Crippen LogP contribution in [-0.2, 0) is 19.7 Å². The Hall–Kier alpha value is -2.88. The van der Waals surface area contributed by atoms with Crippen LogP contribution in [0.4, 0.5) is 4.79 Å². The highest BCUT2D eigenvalue weighted by Crippen LogP contribution is 2.55. The number of carbonyl (C=O) groups excluding carboxylic acids is 3. The number of aromatic hydroxyl groups is 1. The normalized spacial score (nSPS) is 24.7. The minimum absolute atomic E-state index is 0.0558. The van der Waals surface area contributed by atoms with Gasteiger partial charge in [0.25, 0.3) is 0 Å². The number of urea groups is 1. The largest absolute Gasteiger partial charge is 0.508 e. The number of benzene rings is 1. The van der Waals surface area contributed by atoms with Crippen LogP contribution in [0.5, 0.6) is 11.5 Å². The molecule has 5 rings (SSSR count). The Labute approximate surface area is 310 Å². The van der Waals surface area contributed by atoms with Crippen LogP contribution in [0.1, 0.15) is 148 Å². The van der Waals surface area contributed by atoms with Crippen LogP contribution in [-0.4, -0.2) is 64.9 Å². The lowest BCUT2D eigenvalue weighted by molar-refractivity contribution is -0.143. The molecule has 3 aliphatic heterocycles. The maximum absolute atomic E-state index is 12.6. The van der Waals surface area contributed by atoms with Gasteiger partial charge in [-0.15, -0.1) is 0 Å². The highest BCUT2D eigenvalue weighted by Gasteiger charge is 2.47. The molecule has 3 amide bonds. The molecule has 4 N–H and O–H groups in total. The number of fused-ring (bicyclic) bond motifs is 4. The van der Waals surface area contributed by atoms with E-state index in [1.807, 2.05) is 17.8 Å². The standard InChI is InChI=1S/C41H63N3O6S/c1-6-7-8-13-20-40(2,3)28-23-32(45)37-29-22-27(18-19-30(29)41(4,5)50-33(37)24-28)25-49-36(47)17-10-9-14-21-42-35(46)16-12-11-15-34-38-31(26-51-34)43-39(48)44-38/h18,23-24,29-31,34,38,45H,6-17,19-22,25-26H2,1-5H3,(H,42,46)(H2,43,44,48)/t29-,30-,31?,34+,38?/m1/s1. The van der Waals surface area contributed by atoms with Gasteiger partial charge in [0.05, 0.1) is 12.1 Å². The van der Waals surface area contributed by atoms with Crippen molar-refractivity contribution in [2.75, 3.05) is 18.9 Å². The Bertz CT molecular complexity index is 1410. The molecule has 1 aromatic rings. The summed E-state index contributed by atoms with van der Waals surface area (Å²) in [7, 11) is 0. The average molecular weight is 726 g/mol. The zero-order valence-corrected chi connectivity index (χ0v) is 32.6. The molecule has 4 aliphatic rings. The summed E-state index contributed by atoms with van der Waals surface area (Å²) in [6, 6.07) is 4.53. The number of hydrogen-bond acceptors (Lipinski definition) is 7. The molecule has 284 valence electrons. The quantitative estimate of drug-likeness (QED) is 0.0491. The molecule has 0 aromatic heterocycles. The number of carbonyl (C=O) groups is 3. The summed E-state index contributed by atoms with van der Waals surface area (Å²) in [6.07, 6.45) is 15.8. The Morgan fingerprint density at radius 1 is 1.06 bits per heavy atom. The van der Waals surface area contributed by atoms with Gasteiger partial charge in [-0.05, 0) is 87.5 Å². The second-order valence-electron chi connectivity index (χ2n) is 16.5. The number of thioether (sulfide) groups is 1. The maximum Gasteiger partial charge on any atom is 0.315 e. The van der Waals surface area contributed by atoms with E-state index in [0.717, 1.165) is 86.0 Å². The van der Waals surface area contributed by atoms with E-state index in [9.17, 15) is 19.5 Å². The van der Waals surface area contributed by atoms with E-state index in [1.165, 1.54) is 25.7 Å². The van der Waals surface area contributed by atoms with Crippen molar-refractivity contribution >= 4 is 29.7 Å². The summed E-state index contributed by atoms with van der Waals surface area (Å²) in [4.78, 5) is 36.4. The van der Waals surface area contributed by atoms with E-state index in [0.29, 0.717) is 30.4 Å². The molecule has 10 heteroatoms. The molecule has 0 spiro atoms. The number of hydrogen-bond donors (Lipinski definition) is 4. The predicted molar refractivity (Wildman–Crippen MR) is 205 cm³/mol. The SMILES string of the molecule is CCCCCCC(C)(C)c1cc(O)c2c(c1)OC(C)(C)[C@@H]1CC=C(COC(=O)CCCCCNC(=O)CCCC[C@@H]3SCC4NC(=O)NC43)C[C@@H]21. The van der Waals surface area contributed by atoms with Gasteiger partial charge in [0, 0.05) is 47.8 Å². The van der Waals surface area contributed by atoms with Crippen molar-refractivity contribution in [2.45, 2.75) is 165 Å². The Kier molecular flexibility index (Phi) is 13.7. The minimum Gasteiger partial charge on any atom is -0.508 e. The first-order valence-corrected chi connectivity index (χ1v) is 20.8. The highest BCUT2D eigenvalue weighted by atomic mass is 32.2. The average Bonchev–Trinajstić information content (AvgIpc) is 3.64. The second-order valence-corrected chi connectivity index (χ2v) is 17.8. The minimum atomic E-state index is -0.376. The van der Waals surface area contributed by atoms with Crippen molar-refractivity contribution in [2.24, 2.45) is 5.92 Å². The van der Waals surface area contributed by atoms with E-state index in [1.54, 1.807) is 0 Å². The molecule has 9 nitrogen and oxygen atoms in total. The van der Waals surface area contributed by atoms with Crippen molar-refractivity contribution in [3.63, 3.8) is 0 Å². The van der Waals surface area contributed by atoms with Gasteiger partial charge in [0.1, 0.15) is 23.7 Å². The van der Waals surface area contributed by atoms with E-state index < -0.39 is 0 Å². The van der Waals surface area contributed by atoms with Gasteiger partial charge in [-0.1, -0.05) is 65.4 Å². The Balaban J connectivity index is 0.984. The third kappa shape index (κ3) is 10.4. The first-order valence-electron chi connectivity index (χ1n) is 19.7. The zero-order valence-electron chi connectivity index (χ0n) is 31.7. The van der Waals surface area contributed by atoms with Crippen LogP contribution in [0.15, 0.2) is 23.8 Å². The number of nitrogens with one attached hydrogen (secondary N) is 3. The third-order valence-electron chi connectivity index (χ3n) is 11.7. The highest BCUT2D eigenvalue weighted by molar-refractivity contribution is 8.00. The van der Waals surface area contributed by atoms with Gasteiger partial charge in [0.2, 0.25) is 5.91 Å². The Morgan fingerprint density at radius 2 is 1.84 bits per heavy atom. The summed E-state index contributed by atoms with van der Waals surface area (Å²) in [5, 5.41) is 20.8. The van der Waals surface area contributed by atoms with Crippen molar-refractivity contribution in [3.8, 4) is 11.5 Å². The maximum atomic E-state index is 12.6. The van der Waals surface area contributed by atoms with Crippen LogP contribution >= 0.6 is 11.8 Å². The fraction of sp³-hybridized carbons (Fsp3) is 0.732. The van der Waals surface area contributed by atoms with Gasteiger partial charge >= 0.3 is 12.0 Å². The monoisotopic (exact) mass is 725 g/mol. The fourth-order valence-electron chi connectivity index (χ4n) is 8.52. The van der Waals surface area contributed by atoms with Gasteiger partial charge < -0.3 is 30.5 Å². The van der Waals surface area contributed by atoms with Crippen molar-refractivity contribution < 1.29 is 29.0 Å². The summed E-state index contributed by atoms with van der Waals surface area (Å²) in [6.45, 7) is 12.0. The number of allylic oxidation sites excluding steroid dienone is 1. The summed E-state index contributed by atoms with van der Waals surface area (Å²) in [5.74, 6) is 2.29. The van der Waals surface area contributed by atoms with Crippen LogP contribution in [0.2, 0.25) is 0 Å². The lowest BCUT2D eigenvalue weighted by atomic mass is 9.66. The molecule has 2 fully saturated rings. The second kappa shape index (κ2) is 17.8. The molecule has 51 heavy (non-hydrogen) atoms. The summed E-state index contributed by atoms with van der Waals surface area (Å²) < 4.78 is 12.3. The number of unbranched alkanes of at least 4 members (excludes halogenated alkanes) is 6. The number of phenolic OH excluding ortho intramolecular Hbond substituents is 1. The summed E-state index contributed by atoms with van der Waals surface area (Å²) >= 11 is 1.91. The molecule has 0 saturated carbocycles. The predicted octanol–water partition coefficient (Wildman–Crippen LogP) is 8.18. The van der Waals surface area contributed by atoms with E-state index >= 15 is 0 Å². The van der Waals surface area contributed by atoms with Gasteiger partial charge in [0.15, 0.2) is 0 Å². The molecule has 5 atom stereocenters.